The van der Waals surface area contributed by atoms with E-state index in [1.165, 1.54) is 17.7 Å². The summed E-state index contributed by atoms with van der Waals surface area (Å²) in [5.74, 6) is 0.797. The minimum Gasteiger partial charge on any atom is -0.396 e. The van der Waals surface area contributed by atoms with E-state index in [1.807, 2.05) is 11.3 Å². The molecule has 2 fully saturated rings. The molecule has 1 atom stereocenters. The van der Waals surface area contributed by atoms with Crippen LogP contribution in [-0.4, -0.2) is 31.5 Å². The molecule has 3 nitrogen and oxygen atoms in total. The van der Waals surface area contributed by atoms with Gasteiger partial charge in [0.25, 0.3) is 0 Å². The Morgan fingerprint density at radius 3 is 2.82 bits per heavy atom. The third kappa shape index (κ3) is 2.40. The topological polar surface area (TPSA) is 41.5 Å². The van der Waals surface area contributed by atoms with Crippen LogP contribution < -0.4 is 5.32 Å². The fraction of sp³-hybridized carbons (Fsp3) is 0.692. The number of rotatable bonds is 6. The summed E-state index contributed by atoms with van der Waals surface area (Å²) >= 11 is 1.83. The third-order valence-electron chi connectivity index (χ3n) is 3.79. The van der Waals surface area contributed by atoms with Crippen LogP contribution in [-0.2, 0) is 4.74 Å². The molecule has 94 valence electrons. The number of hydrogen-bond donors (Lipinski definition) is 2. The van der Waals surface area contributed by atoms with Gasteiger partial charge in [-0.1, -0.05) is 6.07 Å². The first-order chi connectivity index (χ1) is 8.33. The third-order valence-corrected chi connectivity index (χ3v) is 4.75. The predicted molar refractivity (Wildman–Crippen MR) is 68.1 cm³/mol. The molecular formula is C13H19NO2S. The number of ether oxygens (including phenoxy) is 1. The van der Waals surface area contributed by atoms with Crippen molar-refractivity contribution in [2.75, 3.05) is 26.4 Å². The van der Waals surface area contributed by atoms with Gasteiger partial charge in [-0.3, -0.25) is 0 Å². The van der Waals surface area contributed by atoms with Gasteiger partial charge >= 0.3 is 0 Å². The van der Waals surface area contributed by atoms with E-state index in [4.69, 9.17) is 4.74 Å². The van der Waals surface area contributed by atoms with Crippen LogP contribution in [0.25, 0.3) is 0 Å². The summed E-state index contributed by atoms with van der Waals surface area (Å²) in [6, 6.07) is 4.81. The summed E-state index contributed by atoms with van der Waals surface area (Å²) < 4.78 is 5.23. The molecule has 1 saturated carbocycles. The van der Waals surface area contributed by atoms with E-state index in [9.17, 15) is 5.11 Å². The molecule has 1 aliphatic carbocycles. The Hall–Kier alpha value is -0.420. The van der Waals surface area contributed by atoms with E-state index in [-0.39, 0.29) is 12.0 Å². The maximum absolute atomic E-state index is 9.42. The zero-order chi connectivity index (χ0) is 11.7. The number of thiophene rings is 1. The summed E-state index contributed by atoms with van der Waals surface area (Å²) in [5.41, 5.74) is -0.0234. The summed E-state index contributed by atoms with van der Waals surface area (Å²) in [4.78, 5) is 1.43. The SMILES string of the molecule is OCC1(CNC(c2cccs2)C2CC2)COC1. The maximum Gasteiger partial charge on any atom is 0.0579 e. The van der Waals surface area contributed by atoms with Crippen molar-refractivity contribution in [3.8, 4) is 0 Å². The number of aliphatic hydroxyl groups is 1. The van der Waals surface area contributed by atoms with Gasteiger partial charge in [0.2, 0.25) is 0 Å². The van der Waals surface area contributed by atoms with Crippen LogP contribution in [0.5, 0.6) is 0 Å². The highest BCUT2D eigenvalue weighted by atomic mass is 32.1. The fourth-order valence-corrected chi connectivity index (χ4v) is 3.26. The molecule has 2 aliphatic rings. The Bertz CT molecular complexity index is 352. The van der Waals surface area contributed by atoms with Gasteiger partial charge in [-0.2, -0.15) is 0 Å². The second kappa shape index (κ2) is 4.69. The van der Waals surface area contributed by atoms with Gasteiger partial charge in [0.15, 0.2) is 0 Å². The van der Waals surface area contributed by atoms with Gasteiger partial charge in [0.05, 0.1) is 25.2 Å². The molecule has 1 aliphatic heterocycles. The number of aliphatic hydroxyl groups excluding tert-OH is 1. The average molecular weight is 253 g/mol. The van der Waals surface area contributed by atoms with Crippen molar-refractivity contribution < 1.29 is 9.84 Å². The van der Waals surface area contributed by atoms with Gasteiger partial charge in [-0.25, -0.2) is 0 Å². The van der Waals surface area contributed by atoms with Crippen LogP contribution in [0, 0.1) is 11.3 Å². The van der Waals surface area contributed by atoms with Crippen molar-refractivity contribution in [1.29, 1.82) is 0 Å². The van der Waals surface area contributed by atoms with E-state index in [1.54, 1.807) is 0 Å². The van der Waals surface area contributed by atoms with Crippen LogP contribution in [0.1, 0.15) is 23.8 Å². The standard InChI is InChI=1S/C13H19NO2S/c15-7-13(8-16-9-13)6-14-12(10-3-4-10)11-2-1-5-17-11/h1-2,5,10,12,14-15H,3-4,6-9H2. The van der Waals surface area contributed by atoms with Gasteiger partial charge in [0, 0.05) is 17.5 Å². The molecule has 1 unspecified atom stereocenters. The van der Waals surface area contributed by atoms with Crippen molar-refractivity contribution in [3.63, 3.8) is 0 Å². The molecule has 0 bridgehead atoms. The molecule has 2 N–H and O–H groups in total. The molecular weight excluding hydrogens is 234 g/mol. The lowest BCUT2D eigenvalue weighted by molar-refractivity contribution is -0.135. The van der Waals surface area contributed by atoms with Crippen molar-refractivity contribution in [3.05, 3.63) is 22.4 Å². The first-order valence-corrected chi connectivity index (χ1v) is 7.16. The monoisotopic (exact) mass is 253 g/mol. The zero-order valence-electron chi connectivity index (χ0n) is 9.89. The molecule has 0 spiro atoms. The van der Waals surface area contributed by atoms with Crippen LogP contribution in [0.4, 0.5) is 0 Å². The van der Waals surface area contributed by atoms with E-state index in [2.05, 4.69) is 22.8 Å². The quantitative estimate of drug-likeness (QED) is 0.812. The van der Waals surface area contributed by atoms with Gasteiger partial charge < -0.3 is 15.2 Å². The highest BCUT2D eigenvalue weighted by Gasteiger charge is 2.40. The van der Waals surface area contributed by atoms with Crippen molar-refractivity contribution in [2.24, 2.45) is 11.3 Å². The van der Waals surface area contributed by atoms with Gasteiger partial charge in [0.1, 0.15) is 0 Å². The molecule has 0 amide bonds. The molecule has 1 aromatic heterocycles. The van der Waals surface area contributed by atoms with Gasteiger partial charge in [-0.05, 0) is 30.2 Å². The van der Waals surface area contributed by atoms with E-state index in [0.717, 1.165) is 12.5 Å². The molecule has 3 rings (SSSR count). The Morgan fingerprint density at radius 2 is 2.35 bits per heavy atom. The lowest BCUT2D eigenvalue weighted by Gasteiger charge is -2.41. The second-order valence-electron chi connectivity index (χ2n) is 5.36. The minimum absolute atomic E-state index is 0.0234. The molecule has 0 aromatic carbocycles. The second-order valence-corrected chi connectivity index (χ2v) is 6.34. The predicted octanol–water partition coefficient (Wildman–Crippen LogP) is 1.80. The molecule has 1 aromatic rings. The van der Waals surface area contributed by atoms with Crippen molar-refractivity contribution in [1.82, 2.24) is 5.32 Å². The summed E-state index contributed by atoms with van der Waals surface area (Å²) in [6.45, 7) is 2.47. The normalized spacial score (nSPS) is 24.3. The molecule has 17 heavy (non-hydrogen) atoms. The lowest BCUT2D eigenvalue weighted by Crippen LogP contribution is -2.52. The van der Waals surface area contributed by atoms with Crippen LogP contribution in [0.15, 0.2) is 17.5 Å². The maximum atomic E-state index is 9.42. The molecule has 1 saturated heterocycles. The van der Waals surface area contributed by atoms with E-state index in [0.29, 0.717) is 19.3 Å². The van der Waals surface area contributed by atoms with Crippen LogP contribution in [0.3, 0.4) is 0 Å². The average Bonchev–Trinajstić information content (AvgIpc) is 2.98. The Kier molecular flexibility index (Phi) is 3.21. The highest BCUT2D eigenvalue weighted by molar-refractivity contribution is 7.10. The largest absolute Gasteiger partial charge is 0.396 e. The summed E-state index contributed by atoms with van der Waals surface area (Å²) in [5, 5.41) is 15.2. The first-order valence-electron chi connectivity index (χ1n) is 6.28. The molecule has 2 heterocycles. The summed E-state index contributed by atoms with van der Waals surface area (Å²) in [7, 11) is 0. The molecule has 4 heteroatoms. The fourth-order valence-electron chi connectivity index (χ4n) is 2.36. The van der Waals surface area contributed by atoms with E-state index >= 15 is 0 Å². The number of hydrogen-bond acceptors (Lipinski definition) is 4. The number of nitrogens with one attached hydrogen (secondary N) is 1. The van der Waals surface area contributed by atoms with Crippen LogP contribution in [0.2, 0.25) is 0 Å². The Balaban J connectivity index is 1.61. The van der Waals surface area contributed by atoms with Crippen molar-refractivity contribution >= 4 is 11.3 Å². The van der Waals surface area contributed by atoms with Crippen LogP contribution >= 0.6 is 11.3 Å². The van der Waals surface area contributed by atoms with E-state index < -0.39 is 0 Å². The molecule has 0 radical (unpaired) electrons. The minimum atomic E-state index is -0.0234. The zero-order valence-corrected chi connectivity index (χ0v) is 10.7. The Labute approximate surface area is 106 Å². The van der Waals surface area contributed by atoms with Crippen molar-refractivity contribution in [2.45, 2.75) is 18.9 Å². The Morgan fingerprint density at radius 1 is 1.53 bits per heavy atom. The smallest absolute Gasteiger partial charge is 0.0579 e. The lowest BCUT2D eigenvalue weighted by atomic mass is 9.86. The summed E-state index contributed by atoms with van der Waals surface area (Å²) in [6.07, 6.45) is 2.66. The first kappa shape index (κ1) is 11.7. The van der Waals surface area contributed by atoms with Gasteiger partial charge in [-0.15, -0.1) is 11.3 Å². The highest BCUT2D eigenvalue weighted by Crippen LogP contribution is 2.42.